The predicted molar refractivity (Wildman–Crippen MR) is 81.0 cm³/mol. The second-order valence-electron chi connectivity index (χ2n) is 4.85. The largest absolute Gasteiger partial charge is 0.368 e. The van der Waals surface area contributed by atoms with Gasteiger partial charge in [0.25, 0.3) is 0 Å². The Kier molecular flexibility index (Phi) is 4.64. The summed E-state index contributed by atoms with van der Waals surface area (Å²) in [5, 5.41) is 14.9. The van der Waals surface area contributed by atoms with E-state index >= 15 is 0 Å². The minimum absolute atomic E-state index is 0.0630. The molecule has 110 valence electrons. The van der Waals surface area contributed by atoms with Gasteiger partial charge in [0.15, 0.2) is 0 Å². The van der Waals surface area contributed by atoms with Crippen LogP contribution >= 0.6 is 11.8 Å². The van der Waals surface area contributed by atoms with Crippen molar-refractivity contribution in [2.75, 3.05) is 16.8 Å². The van der Waals surface area contributed by atoms with Crippen molar-refractivity contribution in [3.63, 3.8) is 0 Å². The molecule has 1 heterocycles. The zero-order valence-corrected chi connectivity index (χ0v) is 12.4. The van der Waals surface area contributed by atoms with Crippen LogP contribution in [-0.4, -0.2) is 31.9 Å². The Morgan fingerprint density at radius 3 is 2.90 bits per heavy atom. The zero-order valence-electron chi connectivity index (χ0n) is 11.6. The molecule has 0 aromatic carbocycles. The number of nitrogens with one attached hydrogen (secondary N) is 1. The molecule has 7 nitrogen and oxygen atoms in total. The van der Waals surface area contributed by atoms with E-state index in [1.807, 2.05) is 11.8 Å². The summed E-state index contributed by atoms with van der Waals surface area (Å²) in [6.07, 6.45) is 3.12. The fourth-order valence-corrected chi connectivity index (χ4v) is 3.70. The maximum Gasteiger partial charge on any atom is 0.332 e. The molecule has 0 radical (unpaired) electrons. The van der Waals surface area contributed by atoms with Gasteiger partial charge in [-0.05, 0) is 31.9 Å². The maximum absolute atomic E-state index is 11.1. The van der Waals surface area contributed by atoms with Gasteiger partial charge in [0.05, 0.1) is 4.92 Å². The van der Waals surface area contributed by atoms with Crippen LogP contribution in [0.4, 0.5) is 17.5 Å². The van der Waals surface area contributed by atoms with E-state index in [9.17, 15) is 10.1 Å². The average molecular weight is 297 g/mol. The first-order valence-electron chi connectivity index (χ1n) is 6.68. The summed E-state index contributed by atoms with van der Waals surface area (Å²) in [5.41, 5.74) is 5.80. The van der Waals surface area contributed by atoms with E-state index in [1.165, 1.54) is 0 Å². The van der Waals surface area contributed by atoms with Crippen LogP contribution in [0.3, 0.4) is 0 Å². The number of hydrogen-bond donors (Lipinski definition) is 2. The number of anilines is 2. The molecule has 2 rings (SSSR count). The number of rotatable bonds is 5. The highest BCUT2D eigenvalue weighted by molar-refractivity contribution is 7.99. The normalized spacial score (nSPS) is 21.9. The van der Waals surface area contributed by atoms with E-state index < -0.39 is 4.92 Å². The van der Waals surface area contributed by atoms with E-state index in [0.717, 1.165) is 25.0 Å². The van der Waals surface area contributed by atoms with E-state index in [2.05, 4.69) is 22.2 Å². The lowest BCUT2D eigenvalue weighted by Gasteiger charge is -2.14. The van der Waals surface area contributed by atoms with Gasteiger partial charge in [-0.15, -0.1) is 0 Å². The summed E-state index contributed by atoms with van der Waals surface area (Å²) in [4.78, 5) is 18.5. The van der Waals surface area contributed by atoms with Gasteiger partial charge in [0, 0.05) is 11.3 Å². The SMILES string of the molecule is CCSC1CCC(Nc2nc(N)nc(C)c2[N+](=O)[O-])C1. The molecular formula is C12H19N5O2S. The lowest BCUT2D eigenvalue weighted by atomic mass is 10.2. The third-order valence-electron chi connectivity index (χ3n) is 3.39. The Morgan fingerprint density at radius 2 is 2.25 bits per heavy atom. The molecule has 0 amide bonds. The van der Waals surface area contributed by atoms with E-state index in [4.69, 9.17) is 5.73 Å². The molecule has 0 bridgehead atoms. The standard InChI is InChI=1S/C12H19N5O2S/c1-3-20-9-5-4-8(6-9)15-11-10(17(18)19)7(2)14-12(13)16-11/h8-9H,3-6H2,1-2H3,(H3,13,14,15,16). The average Bonchev–Trinajstić information content (AvgIpc) is 2.75. The number of nitrogens with two attached hydrogens (primary N) is 1. The molecule has 1 aliphatic carbocycles. The lowest BCUT2D eigenvalue weighted by Crippen LogP contribution is -2.19. The van der Waals surface area contributed by atoms with Gasteiger partial charge in [0.2, 0.25) is 11.8 Å². The van der Waals surface area contributed by atoms with Crippen LogP contribution in [-0.2, 0) is 0 Å². The highest BCUT2D eigenvalue weighted by atomic mass is 32.2. The van der Waals surface area contributed by atoms with Crippen LogP contribution in [0.2, 0.25) is 0 Å². The maximum atomic E-state index is 11.1. The third kappa shape index (κ3) is 3.30. The van der Waals surface area contributed by atoms with E-state index in [-0.39, 0.29) is 23.5 Å². The number of nitro groups is 1. The van der Waals surface area contributed by atoms with Crippen LogP contribution < -0.4 is 11.1 Å². The Morgan fingerprint density at radius 1 is 1.50 bits per heavy atom. The van der Waals surface area contributed by atoms with Crippen molar-refractivity contribution in [3.8, 4) is 0 Å². The van der Waals surface area contributed by atoms with Gasteiger partial charge in [-0.2, -0.15) is 16.7 Å². The Balaban J connectivity index is 2.15. The predicted octanol–water partition coefficient (Wildman–Crippen LogP) is 2.36. The minimum Gasteiger partial charge on any atom is -0.368 e. The first-order valence-corrected chi connectivity index (χ1v) is 7.72. The van der Waals surface area contributed by atoms with Gasteiger partial charge in [0.1, 0.15) is 5.69 Å². The Bertz CT molecular complexity index is 511. The quantitative estimate of drug-likeness (QED) is 0.634. The van der Waals surface area contributed by atoms with Crippen LogP contribution in [0.1, 0.15) is 31.9 Å². The summed E-state index contributed by atoms with van der Waals surface area (Å²) in [6.45, 7) is 3.72. The number of hydrogen-bond acceptors (Lipinski definition) is 7. The van der Waals surface area contributed by atoms with Crippen molar-refractivity contribution >= 4 is 29.2 Å². The highest BCUT2D eigenvalue weighted by Gasteiger charge is 2.28. The molecule has 1 aliphatic rings. The topological polar surface area (TPSA) is 107 Å². The fourth-order valence-electron chi connectivity index (χ4n) is 2.56. The first kappa shape index (κ1) is 14.8. The molecule has 0 spiro atoms. The van der Waals surface area contributed by atoms with Gasteiger partial charge >= 0.3 is 5.69 Å². The number of aryl methyl sites for hydroxylation is 1. The van der Waals surface area contributed by atoms with Crippen molar-refractivity contribution in [3.05, 3.63) is 15.8 Å². The van der Waals surface area contributed by atoms with Crippen molar-refractivity contribution in [1.29, 1.82) is 0 Å². The van der Waals surface area contributed by atoms with Crippen molar-refractivity contribution in [1.82, 2.24) is 9.97 Å². The summed E-state index contributed by atoms with van der Waals surface area (Å²) in [5.74, 6) is 1.40. The van der Waals surface area contributed by atoms with Crippen LogP contribution in [0, 0.1) is 17.0 Å². The van der Waals surface area contributed by atoms with Crippen molar-refractivity contribution in [2.45, 2.75) is 44.4 Å². The Labute approximate surface area is 121 Å². The first-order chi connectivity index (χ1) is 9.51. The van der Waals surface area contributed by atoms with Crippen LogP contribution in [0.5, 0.6) is 0 Å². The molecule has 1 fully saturated rings. The zero-order chi connectivity index (χ0) is 14.7. The van der Waals surface area contributed by atoms with Crippen molar-refractivity contribution < 1.29 is 4.92 Å². The van der Waals surface area contributed by atoms with Gasteiger partial charge in [-0.1, -0.05) is 6.92 Å². The molecule has 1 aromatic rings. The molecule has 20 heavy (non-hydrogen) atoms. The number of aromatic nitrogens is 2. The molecule has 0 aliphatic heterocycles. The molecule has 2 atom stereocenters. The molecule has 2 unspecified atom stereocenters. The van der Waals surface area contributed by atoms with Crippen molar-refractivity contribution in [2.24, 2.45) is 0 Å². The summed E-state index contributed by atoms with van der Waals surface area (Å²) < 4.78 is 0. The summed E-state index contributed by atoms with van der Waals surface area (Å²) >= 11 is 1.94. The fraction of sp³-hybridized carbons (Fsp3) is 0.667. The van der Waals surface area contributed by atoms with Crippen LogP contribution in [0.25, 0.3) is 0 Å². The summed E-state index contributed by atoms with van der Waals surface area (Å²) in [6, 6.07) is 0.214. The summed E-state index contributed by atoms with van der Waals surface area (Å²) in [7, 11) is 0. The third-order valence-corrected chi connectivity index (χ3v) is 4.62. The Hall–Kier alpha value is -1.57. The highest BCUT2D eigenvalue weighted by Crippen LogP contribution is 2.33. The molecular weight excluding hydrogens is 278 g/mol. The molecule has 1 saturated carbocycles. The van der Waals surface area contributed by atoms with Crippen LogP contribution in [0.15, 0.2) is 0 Å². The molecule has 0 saturated heterocycles. The van der Waals surface area contributed by atoms with Gasteiger partial charge in [-0.25, -0.2) is 4.98 Å². The van der Waals surface area contributed by atoms with E-state index in [1.54, 1.807) is 6.92 Å². The molecule has 1 aromatic heterocycles. The van der Waals surface area contributed by atoms with Gasteiger partial charge < -0.3 is 11.1 Å². The molecule has 8 heteroatoms. The lowest BCUT2D eigenvalue weighted by molar-refractivity contribution is -0.385. The number of thioether (sulfide) groups is 1. The number of nitrogen functional groups attached to an aromatic ring is 1. The smallest absolute Gasteiger partial charge is 0.332 e. The van der Waals surface area contributed by atoms with Gasteiger partial charge in [-0.3, -0.25) is 10.1 Å². The second kappa shape index (κ2) is 6.25. The second-order valence-corrected chi connectivity index (χ2v) is 6.43. The number of nitrogens with zero attached hydrogens (tertiary/aromatic N) is 3. The van der Waals surface area contributed by atoms with E-state index in [0.29, 0.717) is 10.9 Å². The monoisotopic (exact) mass is 297 g/mol. The minimum atomic E-state index is -0.454. The molecule has 3 N–H and O–H groups in total.